The summed E-state index contributed by atoms with van der Waals surface area (Å²) < 4.78 is 25.4. The molecule has 2 rings (SSSR count). The molecule has 1 aliphatic heterocycles. The standard InChI is InChI=1S/C11H17N3O3S2.ClH/c1-12-19(16,17)9-5-10(18-7-9)11(15)14-8-3-2-4-13-6-8;/h5,7-8,12-13H,2-4,6H2,1H3,(H,14,15);1H/t8-;/m0./s1. The molecule has 1 aromatic heterocycles. The van der Waals surface area contributed by atoms with Crippen molar-refractivity contribution in [2.75, 3.05) is 20.1 Å². The van der Waals surface area contributed by atoms with E-state index in [-0.39, 0.29) is 29.3 Å². The summed E-state index contributed by atoms with van der Waals surface area (Å²) in [5.41, 5.74) is 0. The molecule has 1 atom stereocenters. The summed E-state index contributed by atoms with van der Waals surface area (Å²) in [7, 11) is -2.13. The predicted molar refractivity (Wildman–Crippen MR) is 81.2 cm³/mol. The van der Waals surface area contributed by atoms with Crippen molar-refractivity contribution in [1.82, 2.24) is 15.4 Å². The number of piperidine rings is 1. The molecule has 6 nitrogen and oxygen atoms in total. The van der Waals surface area contributed by atoms with E-state index in [0.29, 0.717) is 4.88 Å². The third kappa shape index (κ3) is 4.16. The van der Waals surface area contributed by atoms with Gasteiger partial charge in [-0.3, -0.25) is 4.79 Å². The highest BCUT2D eigenvalue weighted by atomic mass is 35.5. The smallest absolute Gasteiger partial charge is 0.261 e. The Kier molecular flexibility index (Phi) is 6.41. The van der Waals surface area contributed by atoms with Gasteiger partial charge in [0.25, 0.3) is 5.91 Å². The maximum atomic E-state index is 12.0. The Morgan fingerprint density at radius 2 is 2.25 bits per heavy atom. The van der Waals surface area contributed by atoms with E-state index in [4.69, 9.17) is 0 Å². The zero-order valence-corrected chi connectivity index (χ0v) is 13.5. The zero-order chi connectivity index (χ0) is 13.9. The van der Waals surface area contributed by atoms with E-state index in [2.05, 4.69) is 15.4 Å². The van der Waals surface area contributed by atoms with Gasteiger partial charge in [0.05, 0.1) is 9.77 Å². The lowest BCUT2D eigenvalue weighted by atomic mass is 10.1. The van der Waals surface area contributed by atoms with Crippen molar-refractivity contribution >= 4 is 39.7 Å². The number of thiophene rings is 1. The first-order valence-electron chi connectivity index (χ1n) is 6.06. The lowest BCUT2D eigenvalue weighted by Gasteiger charge is -2.23. The fourth-order valence-corrected chi connectivity index (χ4v) is 3.83. The Morgan fingerprint density at radius 3 is 2.85 bits per heavy atom. The van der Waals surface area contributed by atoms with Gasteiger partial charge in [-0.2, -0.15) is 0 Å². The fraction of sp³-hybridized carbons (Fsp3) is 0.545. The molecular weight excluding hydrogens is 322 g/mol. The van der Waals surface area contributed by atoms with Gasteiger partial charge in [-0.15, -0.1) is 23.7 Å². The molecule has 1 amide bonds. The maximum Gasteiger partial charge on any atom is 0.261 e. The van der Waals surface area contributed by atoms with Crippen LogP contribution in [0.25, 0.3) is 0 Å². The highest BCUT2D eigenvalue weighted by molar-refractivity contribution is 7.89. The molecule has 0 spiro atoms. The van der Waals surface area contributed by atoms with Crippen LogP contribution in [-0.4, -0.2) is 40.5 Å². The van der Waals surface area contributed by atoms with Crippen LogP contribution in [0.15, 0.2) is 16.3 Å². The maximum absolute atomic E-state index is 12.0. The van der Waals surface area contributed by atoms with E-state index in [1.54, 1.807) is 0 Å². The van der Waals surface area contributed by atoms with Crippen LogP contribution >= 0.6 is 23.7 Å². The van der Waals surface area contributed by atoms with Crippen LogP contribution in [0.3, 0.4) is 0 Å². The minimum Gasteiger partial charge on any atom is -0.347 e. The van der Waals surface area contributed by atoms with Crippen LogP contribution in [0.1, 0.15) is 22.5 Å². The Labute approximate surface area is 128 Å². The second-order valence-corrected chi connectivity index (χ2v) is 7.17. The second-order valence-electron chi connectivity index (χ2n) is 4.37. The second kappa shape index (κ2) is 7.37. The van der Waals surface area contributed by atoms with Crippen molar-refractivity contribution in [3.05, 3.63) is 16.3 Å². The van der Waals surface area contributed by atoms with E-state index in [9.17, 15) is 13.2 Å². The van der Waals surface area contributed by atoms with E-state index in [1.807, 2.05) is 0 Å². The molecular formula is C11H18ClN3O3S2. The van der Waals surface area contributed by atoms with Gasteiger partial charge in [0.2, 0.25) is 10.0 Å². The van der Waals surface area contributed by atoms with E-state index in [0.717, 1.165) is 37.3 Å². The summed E-state index contributed by atoms with van der Waals surface area (Å²) in [6.07, 6.45) is 1.99. The lowest BCUT2D eigenvalue weighted by molar-refractivity contribution is 0.0934. The number of halogens is 1. The fourth-order valence-electron chi connectivity index (χ4n) is 1.93. The van der Waals surface area contributed by atoms with Crippen molar-refractivity contribution in [1.29, 1.82) is 0 Å². The Bertz CT molecular complexity index is 553. The predicted octanol–water partition coefficient (Wildman–Crippen LogP) is 0.560. The number of hydrogen-bond acceptors (Lipinski definition) is 5. The van der Waals surface area contributed by atoms with Gasteiger partial charge in [-0.25, -0.2) is 13.1 Å². The first kappa shape index (κ1) is 17.4. The van der Waals surface area contributed by atoms with Crippen LogP contribution < -0.4 is 15.4 Å². The molecule has 0 bridgehead atoms. The van der Waals surface area contributed by atoms with E-state index in [1.165, 1.54) is 18.5 Å². The van der Waals surface area contributed by atoms with Crippen molar-refractivity contribution in [2.45, 2.75) is 23.8 Å². The molecule has 0 aromatic carbocycles. The molecule has 1 fully saturated rings. The van der Waals surface area contributed by atoms with Crippen LogP contribution in [0.2, 0.25) is 0 Å². The summed E-state index contributed by atoms with van der Waals surface area (Å²) in [5, 5.41) is 7.60. The Balaban J connectivity index is 0.00000200. The zero-order valence-electron chi connectivity index (χ0n) is 11.0. The average Bonchev–Trinajstić information content (AvgIpc) is 2.90. The SMILES string of the molecule is CNS(=O)(=O)c1csc(C(=O)N[C@H]2CCCNC2)c1.Cl. The monoisotopic (exact) mass is 339 g/mol. The van der Waals surface area contributed by atoms with E-state index >= 15 is 0 Å². The van der Waals surface area contributed by atoms with Gasteiger partial charge in [0.1, 0.15) is 0 Å². The molecule has 1 saturated heterocycles. The van der Waals surface area contributed by atoms with Crippen molar-refractivity contribution in [2.24, 2.45) is 0 Å². The van der Waals surface area contributed by atoms with Crippen LogP contribution in [0, 0.1) is 0 Å². The van der Waals surface area contributed by atoms with Crippen molar-refractivity contribution < 1.29 is 13.2 Å². The molecule has 0 unspecified atom stereocenters. The highest BCUT2D eigenvalue weighted by Gasteiger charge is 2.20. The summed E-state index contributed by atoms with van der Waals surface area (Å²) in [5.74, 6) is -0.212. The third-order valence-corrected chi connectivity index (χ3v) is 5.48. The Hall–Kier alpha value is -0.670. The van der Waals surface area contributed by atoms with Gasteiger partial charge < -0.3 is 10.6 Å². The molecule has 0 radical (unpaired) electrons. The first-order valence-corrected chi connectivity index (χ1v) is 8.43. The Morgan fingerprint density at radius 1 is 1.50 bits per heavy atom. The molecule has 0 aliphatic carbocycles. The van der Waals surface area contributed by atoms with E-state index < -0.39 is 10.0 Å². The van der Waals surface area contributed by atoms with Crippen LogP contribution in [0.4, 0.5) is 0 Å². The summed E-state index contributed by atoms with van der Waals surface area (Å²) >= 11 is 1.14. The molecule has 114 valence electrons. The number of amides is 1. The quantitative estimate of drug-likeness (QED) is 0.748. The molecule has 1 aliphatic rings. The van der Waals surface area contributed by atoms with Gasteiger partial charge in [0, 0.05) is 18.0 Å². The number of hydrogen-bond donors (Lipinski definition) is 3. The largest absolute Gasteiger partial charge is 0.347 e. The number of rotatable bonds is 4. The molecule has 20 heavy (non-hydrogen) atoms. The lowest BCUT2D eigenvalue weighted by Crippen LogP contribution is -2.45. The number of carbonyl (C=O) groups excluding carboxylic acids is 1. The minimum atomic E-state index is -3.48. The normalized spacial score (nSPS) is 19.1. The topological polar surface area (TPSA) is 87.3 Å². The number of carbonyl (C=O) groups is 1. The van der Waals surface area contributed by atoms with Crippen LogP contribution in [-0.2, 0) is 10.0 Å². The van der Waals surface area contributed by atoms with Gasteiger partial charge in [-0.1, -0.05) is 0 Å². The van der Waals surface area contributed by atoms with Gasteiger partial charge in [-0.05, 0) is 32.5 Å². The first-order chi connectivity index (χ1) is 9.03. The summed E-state index contributed by atoms with van der Waals surface area (Å²) in [6, 6.07) is 1.52. The molecule has 0 saturated carbocycles. The number of nitrogens with one attached hydrogen (secondary N) is 3. The highest BCUT2D eigenvalue weighted by Crippen LogP contribution is 2.19. The number of sulfonamides is 1. The molecule has 3 N–H and O–H groups in total. The van der Waals surface area contributed by atoms with Gasteiger partial charge in [0.15, 0.2) is 0 Å². The summed E-state index contributed by atoms with van der Waals surface area (Å²) in [6.45, 7) is 1.74. The summed E-state index contributed by atoms with van der Waals surface area (Å²) in [4.78, 5) is 12.5. The third-order valence-electron chi connectivity index (χ3n) is 3.01. The van der Waals surface area contributed by atoms with Crippen molar-refractivity contribution in [3.63, 3.8) is 0 Å². The molecule has 9 heteroatoms. The average molecular weight is 340 g/mol. The molecule has 2 heterocycles. The van der Waals surface area contributed by atoms with Crippen LogP contribution in [0.5, 0.6) is 0 Å². The van der Waals surface area contributed by atoms with Gasteiger partial charge >= 0.3 is 0 Å². The minimum absolute atomic E-state index is 0. The van der Waals surface area contributed by atoms with Crippen molar-refractivity contribution in [3.8, 4) is 0 Å². The molecule has 1 aromatic rings.